The van der Waals surface area contributed by atoms with Gasteiger partial charge in [-0.05, 0) is 19.1 Å². The third kappa shape index (κ3) is 2.75. The zero-order chi connectivity index (χ0) is 15.7. The number of amidine groups is 1. The number of aliphatic imine (C=N–C) groups is 1. The lowest BCUT2D eigenvalue weighted by Crippen LogP contribution is -2.38. The summed E-state index contributed by atoms with van der Waals surface area (Å²) < 4.78 is 28.4. The van der Waals surface area contributed by atoms with Gasteiger partial charge in [-0.15, -0.1) is 0 Å². The van der Waals surface area contributed by atoms with E-state index in [-0.39, 0.29) is 18.2 Å². The van der Waals surface area contributed by atoms with Crippen molar-refractivity contribution in [2.75, 3.05) is 0 Å². The molecule has 1 aliphatic rings. The second-order valence-corrected chi connectivity index (χ2v) is 4.96. The molecule has 2 aromatic rings. The molecule has 0 spiro atoms. The highest BCUT2D eigenvalue weighted by atomic mass is 19.1. The smallest absolute Gasteiger partial charge is 0.180 e. The quantitative estimate of drug-likeness (QED) is 0.910. The number of aliphatic hydroxyl groups excluding tert-OH is 1. The standard InChI is InChI=1S/C15H14F2N4O/c1-9-6-13(14-18-7-12(17)15(22)19-14)20-21(9)8-10-4-2-3-5-11(10)16/h2-7,15,22H,8H2,1H3,(H,18,19). The Balaban J connectivity index is 1.87. The van der Waals surface area contributed by atoms with Crippen molar-refractivity contribution < 1.29 is 13.9 Å². The van der Waals surface area contributed by atoms with Crippen LogP contribution in [-0.4, -0.2) is 27.0 Å². The van der Waals surface area contributed by atoms with E-state index >= 15 is 0 Å². The summed E-state index contributed by atoms with van der Waals surface area (Å²) in [5.74, 6) is -0.789. The van der Waals surface area contributed by atoms with E-state index in [9.17, 15) is 13.9 Å². The normalized spacial score (nSPS) is 17.7. The van der Waals surface area contributed by atoms with Gasteiger partial charge < -0.3 is 10.4 Å². The van der Waals surface area contributed by atoms with Crippen molar-refractivity contribution in [2.24, 2.45) is 4.99 Å². The molecular formula is C15H14F2N4O. The van der Waals surface area contributed by atoms with Crippen LogP contribution in [0.2, 0.25) is 0 Å². The minimum Gasteiger partial charge on any atom is -0.367 e. The third-order valence-electron chi connectivity index (χ3n) is 3.35. The Labute approximate surface area is 125 Å². The van der Waals surface area contributed by atoms with E-state index in [0.717, 1.165) is 11.9 Å². The van der Waals surface area contributed by atoms with Gasteiger partial charge in [-0.25, -0.2) is 13.8 Å². The van der Waals surface area contributed by atoms with Gasteiger partial charge in [0.15, 0.2) is 17.9 Å². The number of benzene rings is 1. The molecular weight excluding hydrogens is 290 g/mol. The van der Waals surface area contributed by atoms with Crippen LogP contribution in [0.15, 0.2) is 47.4 Å². The Kier molecular flexibility index (Phi) is 3.72. The predicted octanol–water partition coefficient (Wildman–Crippen LogP) is 1.86. The lowest BCUT2D eigenvalue weighted by molar-refractivity contribution is 0.166. The summed E-state index contributed by atoms with van der Waals surface area (Å²) in [6.45, 7) is 2.10. The van der Waals surface area contributed by atoms with Crippen molar-refractivity contribution in [3.8, 4) is 0 Å². The van der Waals surface area contributed by atoms with Crippen molar-refractivity contribution in [3.63, 3.8) is 0 Å². The van der Waals surface area contributed by atoms with Crippen LogP contribution in [0.3, 0.4) is 0 Å². The van der Waals surface area contributed by atoms with Crippen LogP contribution < -0.4 is 5.32 Å². The molecule has 114 valence electrons. The number of hydrogen-bond donors (Lipinski definition) is 2. The van der Waals surface area contributed by atoms with E-state index < -0.39 is 12.1 Å². The molecule has 1 aromatic carbocycles. The highest BCUT2D eigenvalue weighted by Gasteiger charge is 2.20. The first-order chi connectivity index (χ1) is 10.5. The molecule has 2 heterocycles. The molecule has 1 atom stereocenters. The van der Waals surface area contributed by atoms with Gasteiger partial charge in [-0.2, -0.15) is 5.10 Å². The van der Waals surface area contributed by atoms with Crippen LogP contribution in [0.1, 0.15) is 17.0 Å². The first-order valence-electron chi connectivity index (χ1n) is 6.71. The average molecular weight is 304 g/mol. The lowest BCUT2D eigenvalue weighted by Gasteiger charge is -2.16. The summed E-state index contributed by atoms with van der Waals surface area (Å²) in [4.78, 5) is 3.87. The summed E-state index contributed by atoms with van der Waals surface area (Å²) in [7, 11) is 0. The van der Waals surface area contributed by atoms with E-state index in [1.54, 1.807) is 28.9 Å². The second kappa shape index (κ2) is 5.69. The SMILES string of the molecule is Cc1cc(C2=NC=C(F)C(O)N2)nn1Cc1ccccc1F. The number of aliphatic hydroxyl groups is 1. The second-order valence-electron chi connectivity index (χ2n) is 4.96. The first kappa shape index (κ1) is 14.4. The molecule has 3 rings (SSSR count). The fourth-order valence-corrected chi connectivity index (χ4v) is 2.15. The first-order valence-corrected chi connectivity index (χ1v) is 6.71. The Hall–Kier alpha value is -2.54. The van der Waals surface area contributed by atoms with Gasteiger partial charge in [-0.3, -0.25) is 4.68 Å². The number of aromatic nitrogens is 2. The van der Waals surface area contributed by atoms with Gasteiger partial charge in [0.25, 0.3) is 0 Å². The van der Waals surface area contributed by atoms with E-state index in [1.165, 1.54) is 6.07 Å². The largest absolute Gasteiger partial charge is 0.367 e. The van der Waals surface area contributed by atoms with E-state index in [0.29, 0.717) is 11.3 Å². The zero-order valence-corrected chi connectivity index (χ0v) is 11.8. The fraction of sp³-hybridized carbons (Fsp3) is 0.200. The Morgan fingerprint density at radius 1 is 1.32 bits per heavy atom. The molecule has 22 heavy (non-hydrogen) atoms. The minimum atomic E-state index is -1.43. The van der Waals surface area contributed by atoms with Gasteiger partial charge in [0.05, 0.1) is 12.7 Å². The Morgan fingerprint density at radius 3 is 2.82 bits per heavy atom. The van der Waals surface area contributed by atoms with Crippen molar-refractivity contribution in [1.29, 1.82) is 0 Å². The summed E-state index contributed by atoms with van der Waals surface area (Å²) in [5.41, 5.74) is 1.77. The molecule has 1 unspecified atom stereocenters. The molecule has 0 fully saturated rings. The maximum absolute atomic E-state index is 13.7. The number of nitrogens with zero attached hydrogens (tertiary/aromatic N) is 3. The number of hydrogen-bond acceptors (Lipinski definition) is 4. The topological polar surface area (TPSA) is 62.4 Å². The summed E-state index contributed by atoms with van der Waals surface area (Å²) in [6, 6.07) is 8.20. The summed E-state index contributed by atoms with van der Waals surface area (Å²) in [6.07, 6.45) is -0.480. The maximum atomic E-state index is 13.7. The highest BCUT2D eigenvalue weighted by molar-refractivity contribution is 5.98. The number of halogens is 2. The van der Waals surface area contributed by atoms with Gasteiger partial charge in [0, 0.05) is 11.3 Å². The number of nitrogens with one attached hydrogen (secondary N) is 1. The molecule has 0 saturated heterocycles. The molecule has 0 bridgehead atoms. The van der Waals surface area contributed by atoms with Crippen LogP contribution in [0, 0.1) is 12.7 Å². The van der Waals surface area contributed by atoms with E-state index in [2.05, 4.69) is 15.4 Å². The molecule has 7 heteroatoms. The number of rotatable bonds is 3. The zero-order valence-electron chi connectivity index (χ0n) is 11.8. The van der Waals surface area contributed by atoms with Crippen LogP contribution in [0.5, 0.6) is 0 Å². The van der Waals surface area contributed by atoms with Crippen molar-refractivity contribution >= 4 is 5.84 Å². The van der Waals surface area contributed by atoms with Crippen molar-refractivity contribution in [2.45, 2.75) is 19.7 Å². The molecule has 0 radical (unpaired) electrons. The average Bonchev–Trinajstić information content (AvgIpc) is 2.85. The summed E-state index contributed by atoms with van der Waals surface area (Å²) in [5, 5.41) is 16.3. The minimum absolute atomic E-state index is 0.268. The monoisotopic (exact) mass is 304 g/mol. The van der Waals surface area contributed by atoms with Crippen LogP contribution in [0.25, 0.3) is 0 Å². The van der Waals surface area contributed by atoms with Crippen LogP contribution >= 0.6 is 0 Å². The Bertz CT molecular complexity index is 767. The van der Waals surface area contributed by atoms with Gasteiger partial charge in [0.1, 0.15) is 11.5 Å². The van der Waals surface area contributed by atoms with Gasteiger partial charge in [0.2, 0.25) is 0 Å². The molecule has 0 saturated carbocycles. The lowest BCUT2D eigenvalue weighted by atomic mass is 10.2. The molecule has 2 N–H and O–H groups in total. The third-order valence-corrected chi connectivity index (χ3v) is 3.35. The summed E-state index contributed by atoms with van der Waals surface area (Å²) >= 11 is 0. The fourth-order valence-electron chi connectivity index (χ4n) is 2.15. The molecule has 1 aliphatic heterocycles. The highest BCUT2D eigenvalue weighted by Crippen LogP contribution is 2.14. The molecule has 1 aromatic heterocycles. The van der Waals surface area contributed by atoms with E-state index in [4.69, 9.17) is 0 Å². The Morgan fingerprint density at radius 2 is 2.09 bits per heavy atom. The van der Waals surface area contributed by atoms with Gasteiger partial charge in [-0.1, -0.05) is 18.2 Å². The van der Waals surface area contributed by atoms with Crippen LogP contribution in [0.4, 0.5) is 8.78 Å². The predicted molar refractivity (Wildman–Crippen MR) is 77.3 cm³/mol. The maximum Gasteiger partial charge on any atom is 0.180 e. The molecule has 0 amide bonds. The molecule has 0 aliphatic carbocycles. The van der Waals surface area contributed by atoms with Crippen LogP contribution in [-0.2, 0) is 6.54 Å². The van der Waals surface area contributed by atoms with Crippen molar-refractivity contribution in [1.82, 2.24) is 15.1 Å². The van der Waals surface area contributed by atoms with Gasteiger partial charge >= 0.3 is 0 Å². The van der Waals surface area contributed by atoms with Crippen molar-refractivity contribution in [3.05, 3.63) is 65.1 Å². The molecule has 5 nitrogen and oxygen atoms in total. The van der Waals surface area contributed by atoms with E-state index in [1.807, 2.05) is 6.92 Å². The number of aryl methyl sites for hydroxylation is 1.